The molecule has 2 aromatic carbocycles. The van der Waals surface area contributed by atoms with Gasteiger partial charge in [-0.2, -0.15) is 0 Å². The molecule has 0 saturated heterocycles. The molecule has 18 heavy (non-hydrogen) atoms. The Bertz CT molecular complexity index is 523. The molecule has 1 atom stereocenters. The number of hydrogen-bond acceptors (Lipinski definition) is 2. The molecule has 94 valence electrons. The zero-order chi connectivity index (χ0) is 13.1. The van der Waals surface area contributed by atoms with Crippen LogP contribution in [0.25, 0.3) is 0 Å². The molecule has 0 aliphatic carbocycles. The minimum absolute atomic E-state index is 0.442. The predicted octanol–water partition coefficient (Wildman–Crippen LogP) is 3.28. The molecule has 1 unspecified atom stereocenters. The maximum Gasteiger partial charge on any atom is 0.126 e. The Morgan fingerprint density at radius 2 is 1.50 bits per heavy atom. The van der Waals surface area contributed by atoms with Crippen LogP contribution in [0.1, 0.15) is 17.2 Å². The van der Waals surface area contributed by atoms with Gasteiger partial charge in [0.1, 0.15) is 11.6 Å². The van der Waals surface area contributed by atoms with E-state index in [2.05, 4.69) is 21.4 Å². The van der Waals surface area contributed by atoms with Crippen LogP contribution in [0, 0.1) is 11.6 Å². The Morgan fingerprint density at radius 3 is 2.00 bits per heavy atom. The average molecular weight is 313 g/mol. The van der Waals surface area contributed by atoms with E-state index in [4.69, 9.17) is 5.84 Å². The van der Waals surface area contributed by atoms with E-state index >= 15 is 0 Å². The number of halogens is 3. The summed E-state index contributed by atoms with van der Waals surface area (Å²) in [4.78, 5) is 0. The van der Waals surface area contributed by atoms with Crippen LogP contribution in [0.3, 0.4) is 0 Å². The van der Waals surface area contributed by atoms with E-state index in [0.29, 0.717) is 5.56 Å². The summed E-state index contributed by atoms with van der Waals surface area (Å²) in [5.74, 6) is 4.22. The van der Waals surface area contributed by atoms with Crippen molar-refractivity contribution in [1.29, 1.82) is 0 Å². The van der Waals surface area contributed by atoms with Crippen molar-refractivity contribution in [2.75, 3.05) is 0 Å². The van der Waals surface area contributed by atoms with Crippen LogP contribution in [0.2, 0.25) is 0 Å². The second-order valence-corrected chi connectivity index (χ2v) is 4.77. The molecule has 2 rings (SSSR count). The topological polar surface area (TPSA) is 38.0 Å². The van der Waals surface area contributed by atoms with Gasteiger partial charge in [0, 0.05) is 10.5 Å². The molecule has 0 spiro atoms. The minimum Gasteiger partial charge on any atom is -0.271 e. The minimum atomic E-state index is -0.623. The number of benzene rings is 2. The van der Waals surface area contributed by atoms with Crippen molar-refractivity contribution in [3.8, 4) is 0 Å². The Hall–Kier alpha value is -1.30. The number of nitrogens with one attached hydrogen (secondary N) is 1. The number of hydrogen-bond donors (Lipinski definition) is 2. The lowest BCUT2D eigenvalue weighted by molar-refractivity contribution is 0.566. The van der Waals surface area contributed by atoms with Gasteiger partial charge in [-0.1, -0.05) is 28.1 Å². The lowest BCUT2D eigenvalue weighted by Crippen LogP contribution is -2.29. The molecule has 0 fully saturated rings. The van der Waals surface area contributed by atoms with Crippen LogP contribution in [0.5, 0.6) is 0 Å². The molecule has 0 aromatic heterocycles. The molecule has 5 heteroatoms. The van der Waals surface area contributed by atoms with Gasteiger partial charge in [0.25, 0.3) is 0 Å². The van der Waals surface area contributed by atoms with Crippen LogP contribution >= 0.6 is 15.9 Å². The molecule has 0 saturated carbocycles. The molecule has 0 heterocycles. The summed E-state index contributed by atoms with van der Waals surface area (Å²) >= 11 is 3.32. The average Bonchev–Trinajstić information content (AvgIpc) is 2.31. The lowest BCUT2D eigenvalue weighted by atomic mass is 9.99. The van der Waals surface area contributed by atoms with Gasteiger partial charge in [0.15, 0.2) is 0 Å². The van der Waals surface area contributed by atoms with Crippen LogP contribution in [-0.2, 0) is 0 Å². The Balaban J connectivity index is 2.41. The van der Waals surface area contributed by atoms with Gasteiger partial charge >= 0.3 is 0 Å². The van der Waals surface area contributed by atoms with Crippen molar-refractivity contribution >= 4 is 15.9 Å². The first-order chi connectivity index (χ1) is 8.60. The molecule has 0 bridgehead atoms. The second-order valence-electron chi connectivity index (χ2n) is 3.85. The van der Waals surface area contributed by atoms with Gasteiger partial charge in [-0.15, -0.1) is 0 Å². The van der Waals surface area contributed by atoms with Crippen molar-refractivity contribution in [3.63, 3.8) is 0 Å². The summed E-state index contributed by atoms with van der Waals surface area (Å²) < 4.78 is 27.3. The maximum atomic E-state index is 13.2. The summed E-state index contributed by atoms with van der Waals surface area (Å²) in [7, 11) is 0. The predicted molar refractivity (Wildman–Crippen MR) is 69.7 cm³/mol. The maximum absolute atomic E-state index is 13.2. The standard InChI is InChI=1S/C13H11BrF2N2/c14-10-3-1-8(2-4-10)13(18-17)9-5-11(15)7-12(16)6-9/h1-7,13,18H,17H2. The zero-order valence-electron chi connectivity index (χ0n) is 9.33. The van der Waals surface area contributed by atoms with Crippen molar-refractivity contribution in [1.82, 2.24) is 5.43 Å². The molecule has 0 aliphatic heterocycles. The third-order valence-electron chi connectivity index (χ3n) is 2.59. The number of nitrogens with two attached hydrogens (primary N) is 1. The second kappa shape index (κ2) is 5.56. The van der Waals surface area contributed by atoms with Gasteiger partial charge < -0.3 is 0 Å². The molecule has 0 aliphatic rings. The first-order valence-corrected chi connectivity index (χ1v) is 6.07. The van der Waals surface area contributed by atoms with E-state index in [9.17, 15) is 8.78 Å². The summed E-state index contributed by atoms with van der Waals surface area (Å²) in [5.41, 5.74) is 3.83. The van der Waals surface area contributed by atoms with Gasteiger partial charge in [-0.25, -0.2) is 14.2 Å². The van der Waals surface area contributed by atoms with Crippen molar-refractivity contribution in [2.24, 2.45) is 5.84 Å². The highest BCUT2D eigenvalue weighted by molar-refractivity contribution is 9.10. The fourth-order valence-corrected chi connectivity index (χ4v) is 2.05. The Labute approximate surface area is 112 Å². The van der Waals surface area contributed by atoms with Crippen LogP contribution < -0.4 is 11.3 Å². The van der Waals surface area contributed by atoms with Gasteiger partial charge in [-0.3, -0.25) is 5.84 Å². The number of rotatable bonds is 3. The molecule has 0 radical (unpaired) electrons. The van der Waals surface area contributed by atoms with Gasteiger partial charge in [0.2, 0.25) is 0 Å². The number of hydrazine groups is 1. The van der Waals surface area contributed by atoms with E-state index < -0.39 is 17.7 Å². The highest BCUT2D eigenvalue weighted by Crippen LogP contribution is 2.24. The smallest absolute Gasteiger partial charge is 0.126 e. The third kappa shape index (κ3) is 2.93. The molecule has 3 N–H and O–H groups in total. The fourth-order valence-electron chi connectivity index (χ4n) is 1.78. The molecule has 0 amide bonds. The fraction of sp³-hybridized carbons (Fsp3) is 0.0769. The van der Waals surface area contributed by atoms with E-state index in [-0.39, 0.29) is 0 Å². The van der Waals surface area contributed by atoms with Crippen molar-refractivity contribution in [2.45, 2.75) is 6.04 Å². The highest BCUT2D eigenvalue weighted by atomic mass is 79.9. The molecular formula is C13H11BrF2N2. The highest BCUT2D eigenvalue weighted by Gasteiger charge is 2.14. The van der Waals surface area contributed by atoms with E-state index in [1.54, 1.807) is 0 Å². The van der Waals surface area contributed by atoms with E-state index in [0.717, 1.165) is 16.1 Å². The van der Waals surface area contributed by atoms with Crippen LogP contribution in [-0.4, -0.2) is 0 Å². The van der Waals surface area contributed by atoms with Gasteiger partial charge in [-0.05, 0) is 35.4 Å². The van der Waals surface area contributed by atoms with Crippen LogP contribution in [0.15, 0.2) is 46.9 Å². The van der Waals surface area contributed by atoms with E-state index in [1.807, 2.05) is 24.3 Å². The largest absolute Gasteiger partial charge is 0.271 e. The van der Waals surface area contributed by atoms with E-state index in [1.165, 1.54) is 12.1 Å². The first-order valence-electron chi connectivity index (χ1n) is 5.28. The SMILES string of the molecule is NNC(c1ccc(Br)cc1)c1cc(F)cc(F)c1. The Kier molecular flexibility index (Phi) is 4.06. The zero-order valence-corrected chi connectivity index (χ0v) is 10.9. The van der Waals surface area contributed by atoms with Crippen molar-refractivity contribution in [3.05, 3.63) is 69.7 Å². The lowest BCUT2D eigenvalue weighted by Gasteiger charge is -2.17. The monoisotopic (exact) mass is 312 g/mol. The third-order valence-corrected chi connectivity index (χ3v) is 3.12. The molecule has 2 nitrogen and oxygen atoms in total. The molecular weight excluding hydrogens is 302 g/mol. The molecule has 2 aromatic rings. The van der Waals surface area contributed by atoms with Crippen LogP contribution in [0.4, 0.5) is 8.78 Å². The van der Waals surface area contributed by atoms with Gasteiger partial charge in [0.05, 0.1) is 6.04 Å². The summed E-state index contributed by atoms with van der Waals surface area (Å²) in [6, 6.07) is 10.2. The quantitative estimate of drug-likeness (QED) is 0.674. The summed E-state index contributed by atoms with van der Waals surface area (Å²) in [6.07, 6.45) is 0. The Morgan fingerprint density at radius 1 is 0.944 bits per heavy atom. The summed E-state index contributed by atoms with van der Waals surface area (Å²) in [6.45, 7) is 0. The normalized spacial score (nSPS) is 12.4. The first kappa shape index (κ1) is 13.1. The van der Waals surface area contributed by atoms with Crippen molar-refractivity contribution < 1.29 is 8.78 Å². The summed E-state index contributed by atoms with van der Waals surface area (Å²) in [5, 5.41) is 0.